The Bertz CT molecular complexity index is 1120. The highest BCUT2D eigenvalue weighted by atomic mass is 16.7. The number of rotatable bonds is 9. The lowest BCUT2D eigenvalue weighted by molar-refractivity contribution is -0.137. The van der Waals surface area contributed by atoms with Crippen LogP contribution in [0.15, 0.2) is 6.33 Å². The molecule has 0 aromatic carbocycles. The molecule has 1 aliphatic heterocycles. The maximum Gasteiger partial charge on any atom is 0.508 e. The summed E-state index contributed by atoms with van der Waals surface area (Å²) in [6, 6.07) is 0. The van der Waals surface area contributed by atoms with E-state index in [1.807, 2.05) is 13.8 Å². The lowest BCUT2D eigenvalue weighted by Gasteiger charge is -2.27. The third-order valence-electron chi connectivity index (χ3n) is 7.03. The van der Waals surface area contributed by atoms with E-state index in [9.17, 15) is 19.8 Å². The second-order valence-corrected chi connectivity index (χ2v) is 10.5. The van der Waals surface area contributed by atoms with Gasteiger partial charge in [0.1, 0.15) is 23.5 Å². The molecule has 0 radical (unpaired) electrons. The first kappa shape index (κ1) is 28.0. The lowest BCUT2D eigenvalue weighted by Crippen LogP contribution is -2.42. The number of aliphatic hydroxyl groups excluding tert-OH is 2. The number of hydrogen-bond acceptors (Lipinski definition) is 11. The van der Waals surface area contributed by atoms with Gasteiger partial charge in [-0.15, -0.1) is 0 Å². The van der Waals surface area contributed by atoms with E-state index in [-0.39, 0.29) is 17.7 Å². The highest BCUT2D eigenvalue weighted by molar-refractivity contribution is 5.83. The minimum atomic E-state index is -1.40. The molecule has 2 unspecified atom stereocenters. The van der Waals surface area contributed by atoms with Crippen molar-refractivity contribution in [1.29, 1.82) is 0 Å². The normalized spacial score (nSPS) is 27.5. The van der Waals surface area contributed by atoms with Crippen LogP contribution in [0.5, 0.6) is 0 Å². The number of aliphatic hydroxyl groups is 2. The quantitative estimate of drug-likeness (QED) is 0.340. The van der Waals surface area contributed by atoms with Crippen LogP contribution >= 0.6 is 0 Å². The maximum absolute atomic E-state index is 12.3. The molecular formula is C25H38N6O7. The molecule has 2 aliphatic rings. The molecule has 1 amide bonds. The Morgan fingerprint density at radius 1 is 1.16 bits per heavy atom. The van der Waals surface area contributed by atoms with Gasteiger partial charge >= 0.3 is 6.16 Å². The number of amides is 1. The number of imidazole rings is 1. The molecule has 1 saturated carbocycles. The van der Waals surface area contributed by atoms with Gasteiger partial charge < -0.3 is 35.5 Å². The first-order valence-electron chi connectivity index (χ1n) is 13.3. The number of nitrogen functional groups attached to an aromatic ring is 1. The summed E-state index contributed by atoms with van der Waals surface area (Å²) in [4.78, 5) is 37.3. The zero-order valence-electron chi connectivity index (χ0n) is 22.1. The van der Waals surface area contributed by atoms with Crippen LogP contribution in [0.2, 0.25) is 0 Å². The minimum Gasteiger partial charge on any atom is -0.434 e. The van der Waals surface area contributed by atoms with E-state index in [4.69, 9.17) is 19.9 Å². The topological polar surface area (TPSA) is 184 Å². The van der Waals surface area contributed by atoms with Crippen molar-refractivity contribution in [3.8, 4) is 0 Å². The van der Waals surface area contributed by atoms with Gasteiger partial charge in [0, 0.05) is 13.0 Å². The number of fused-ring (bicyclic) bond motifs is 1. The number of anilines is 1. The van der Waals surface area contributed by atoms with Crippen molar-refractivity contribution in [2.24, 2.45) is 17.8 Å². The Hall–Kier alpha value is -3.03. The molecule has 38 heavy (non-hydrogen) atoms. The Kier molecular flexibility index (Phi) is 9.00. The molecule has 1 saturated heterocycles. The van der Waals surface area contributed by atoms with Gasteiger partial charge in [-0.3, -0.25) is 9.36 Å². The monoisotopic (exact) mass is 534 g/mol. The van der Waals surface area contributed by atoms with Crippen molar-refractivity contribution in [1.82, 2.24) is 24.8 Å². The fourth-order valence-electron chi connectivity index (χ4n) is 4.97. The van der Waals surface area contributed by atoms with Crippen LogP contribution < -0.4 is 11.1 Å². The van der Waals surface area contributed by atoms with E-state index >= 15 is 0 Å². The van der Waals surface area contributed by atoms with E-state index < -0.39 is 36.6 Å². The SMILES string of the molecule is CCNC(=O)[C@H]1O[C@@H](n2cnc3c(N)nc(C[C@H]4CC[C@H](COC(=O)OCC(C)C)CC4)nc32)C(O)C1O. The summed E-state index contributed by atoms with van der Waals surface area (Å²) in [5, 5.41) is 23.6. The van der Waals surface area contributed by atoms with Crippen molar-refractivity contribution in [2.45, 2.75) is 77.4 Å². The molecule has 3 heterocycles. The van der Waals surface area contributed by atoms with Gasteiger partial charge in [-0.05, 0) is 50.4 Å². The van der Waals surface area contributed by atoms with Crippen LogP contribution in [0, 0.1) is 17.8 Å². The number of hydrogen-bond donors (Lipinski definition) is 4. The Labute approximate surface area is 221 Å². The summed E-state index contributed by atoms with van der Waals surface area (Å²) in [6.45, 7) is 6.76. The van der Waals surface area contributed by atoms with Crippen LogP contribution in [-0.4, -0.2) is 79.9 Å². The van der Waals surface area contributed by atoms with Crippen LogP contribution in [0.25, 0.3) is 11.2 Å². The molecule has 0 bridgehead atoms. The average Bonchev–Trinajstić information content (AvgIpc) is 3.43. The van der Waals surface area contributed by atoms with E-state index in [1.165, 1.54) is 10.9 Å². The molecule has 4 atom stereocenters. The van der Waals surface area contributed by atoms with E-state index in [2.05, 4.69) is 20.3 Å². The standard InChI is InChI=1S/C25H38N6O7/c1-4-27-23(34)20-18(32)19(33)24(38-20)31-12-28-17-21(26)29-16(30-22(17)31)9-14-5-7-15(8-6-14)11-37-25(35)36-10-13(2)3/h12-15,18-20,24,32-33H,4-11H2,1-3H3,(H,27,34)(H2,26,29,30)/t14-,15-,18?,19?,20-,24+/m0/s1. The van der Waals surface area contributed by atoms with Crippen LogP contribution in [0.3, 0.4) is 0 Å². The number of nitrogens with two attached hydrogens (primary N) is 1. The van der Waals surface area contributed by atoms with Crippen molar-refractivity contribution in [3.63, 3.8) is 0 Å². The minimum absolute atomic E-state index is 0.207. The van der Waals surface area contributed by atoms with Gasteiger partial charge in [-0.25, -0.2) is 19.7 Å². The molecule has 13 heteroatoms. The molecule has 5 N–H and O–H groups in total. The van der Waals surface area contributed by atoms with Gasteiger partial charge in [0.15, 0.2) is 23.8 Å². The van der Waals surface area contributed by atoms with Gasteiger partial charge in [0.05, 0.1) is 19.5 Å². The molecule has 0 spiro atoms. The fourth-order valence-corrected chi connectivity index (χ4v) is 4.97. The van der Waals surface area contributed by atoms with E-state index in [1.54, 1.807) is 6.92 Å². The summed E-state index contributed by atoms with van der Waals surface area (Å²) >= 11 is 0. The zero-order chi connectivity index (χ0) is 27.4. The molecule has 4 rings (SSSR count). The highest BCUT2D eigenvalue weighted by Gasteiger charge is 2.47. The van der Waals surface area contributed by atoms with Gasteiger partial charge in [0.25, 0.3) is 5.91 Å². The van der Waals surface area contributed by atoms with Crippen LogP contribution in [0.1, 0.15) is 58.5 Å². The summed E-state index contributed by atoms with van der Waals surface area (Å²) in [5.41, 5.74) is 6.90. The van der Waals surface area contributed by atoms with Gasteiger partial charge in [0.2, 0.25) is 0 Å². The van der Waals surface area contributed by atoms with Crippen molar-refractivity contribution >= 4 is 29.0 Å². The average molecular weight is 535 g/mol. The second-order valence-electron chi connectivity index (χ2n) is 10.5. The lowest BCUT2D eigenvalue weighted by atomic mass is 9.81. The smallest absolute Gasteiger partial charge is 0.434 e. The predicted octanol–water partition coefficient (Wildman–Crippen LogP) is 1.32. The van der Waals surface area contributed by atoms with Crippen molar-refractivity contribution in [3.05, 3.63) is 12.2 Å². The number of nitrogens with one attached hydrogen (secondary N) is 1. The Balaban J connectivity index is 1.38. The molecule has 1 aliphatic carbocycles. The number of likely N-dealkylation sites (N-methyl/N-ethyl adjacent to an activating group) is 1. The van der Waals surface area contributed by atoms with Gasteiger partial charge in [-0.1, -0.05) is 13.8 Å². The first-order chi connectivity index (χ1) is 18.2. The molecule has 210 valence electrons. The van der Waals surface area contributed by atoms with Crippen molar-refractivity contribution in [2.75, 3.05) is 25.5 Å². The highest BCUT2D eigenvalue weighted by Crippen LogP contribution is 2.34. The Morgan fingerprint density at radius 2 is 1.87 bits per heavy atom. The van der Waals surface area contributed by atoms with Gasteiger partial charge in [-0.2, -0.15) is 0 Å². The zero-order valence-corrected chi connectivity index (χ0v) is 22.1. The maximum atomic E-state index is 12.3. The number of aromatic nitrogens is 4. The number of carbonyl (C=O) groups is 2. The third kappa shape index (κ3) is 6.33. The summed E-state index contributed by atoms with van der Waals surface area (Å²) in [7, 11) is 0. The molecule has 13 nitrogen and oxygen atoms in total. The molecule has 2 aromatic rings. The Morgan fingerprint density at radius 3 is 2.55 bits per heavy atom. The first-order valence-corrected chi connectivity index (χ1v) is 13.3. The second kappa shape index (κ2) is 12.2. The third-order valence-corrected chi connectivity index (χ3v) is 7.03. The largest absolute Gasteiger partial charge is 0.508 e. The predicted molar refractivity (Wildman–Crippen MR) is 136 cm³/mol. The van der Waals surface area contributed by atoms with E-state index in [0.29, 0.717) is 49.1 Å². The number of carbonyl (C=O) groups excluding carboxylic acids is 2. The van der Waals surface area contributed by atoms with E-state index in [0.717, 1.165) is 25.7 Å². The molecule has 2 fully saturated rings. The van der Waals surface area contributed by atoms with Crippen LogP contribution in [-0.2, 0) is 25.4 Å². The molecular weight excluding hydrogens is 496 g/mol. The summed E-state index contributed by atoms with van der Waals surface area (Å²) < 4.78 is 17.5. The summed E-state index contributed by atoms with van der Waals surface area (Å²) in [5.74, 6) is 1.14. The fraction of sp³-hybridized carbons (Fsp3) is 0.720. The van der Waals surface area contributed by atoms with Crippen molar-refractivity contribution < 1.29 is 34.0 Å². The molecule has 2 aromatic heterocycles. The summed E-state index contributed by atoms with van der Waals surface area (Å²) in [6.07, 6.45) is 0.0496. The van der Waals surface area contributed by atoms with Crippen LogP contribution in [0.4, 0.5) is 10.6 Å². The number of nitrogens with zero attached hydrogens (tertiary/aromatic N) is 4. The number of ether oxygens (including phenoxy) is 3.